The molecular weight excluding hydrogens is 210 g/mol. The normalized spacial score (nSPS) is 10.1. The predicted octanol–water partition coefficient (Wildman–Crippen LogP) is 2.84. The van der Waals surface area contributed by atoms with E-state index in [1.54, 1.807) is 12.1 Å². The largest absolute Gasteiger partial charge is 0.354 e. The fourth-order valence-corrected chi connectivity index (χ4v) is 1.69. The van der Waals surface area contributed by atoms with Crippen molar-refractivity contribution in [1.29, 1.82) is 5.26 Å². The first kappa shape index (κ1) is 11.8. The SMILES string of the molecule is CCN(c1cc(C#N)cc(Cl)n1)C(C)C. The molecule has 0 radical (unpaired) electrons. The number of nitrogens with zero attached hydrogens (tertiary/aromatic N) is 3. The summed E-state index contributed by atoms with van der Waals surface area (Å²) in [6, 6.07) is 5.74. The van der Waals surface area contributed by atoms with E-state index in [-0.39, 0.29) is 0 Å². The summed E-state index contributed by atoms with van der Waals surface area (Å²) in [5, 5.41) is 9.19. The lowest BCUT2D eigenvalue weighted by molar-refractivity contribution is 0.693. The molecular formula is C11H14ClN3. The Kier molecular flexibility index (Phi) is 3.93. The zero-order chi connectivity index (χ0) is 11.4. The van der Waals surface area contributed by atoms with E-state index in [1.807, 2.05) is 0 Å². The number of hydrogen-bond donors (Lipinski definition) is 0. The van der Waals surface area contributed by atoms with Gasteiger partial charge >= 0.3 is 0 Å². The second-order valence-corrected chi connectivity index (χ2v) is 3.92. The van der Waals surface area contributed by atoms with Gasteiger partial charge in [-0.2, -0.15) is 5.26 Å². The maximum absolute atomic E-state index is 8.82. The smallest absolute Gasteiger partial charge is 0.132 e. The average molecular weight is 224 g/mol. The molecule has 0 amide bonds. The average Bonchev–Trinajstić information content (AvgIpc) is 2.17. The third kappa shape index (κ3) is 2.84. The highest BCUT2D eigenvalue weighted by Crippen LogP contribution is 2.19. The molecule has 0 atom stereocenters. The maximum Gasteiger partial charge on any atom is 0.132 e. The van der Waals surface area contributed by atoms with Crippen LogP contribution in [0, 0.1) is 11.3 Å². The fourth-order valence-electron chi connectivity index (χ4n) is 1.49. The van der Waals surface area contributed by atoms with E-state index in [4.69, 9.17) is 16.9 Å². The lowest BCUT2D eigenvalue weighted by Gasteiger charge is -2.26. The zero-order valence-corrected chi connectivity index (χ0v) is 9.91. The van der Waals surface area contributed by atoms with E-state index < -0.39 is 0 Å². The van der Waals surface area contributed by atoms with Crippen LogP contribution in [-0.4, -0.2) is 17.6 Å². The second-order valence-electron chi connectivity index (χ2n) is 3.53. The lowest BCUT2D eigenvalue weighted by Crippen LogP contribution is -2.31. The van der Waals surface area contributed by atoms with Crippen molar-refractivity contribution in [1.82, 2.24) is 4.98 Å². The van der Waals surface area contributed by atoms with Crippen LogP contribution in [0.25, 0.3) is 0 Å². The van der Waals surface area contributed by atoms with Gasteiger partial charge in [0.25, 0.3) is 0 Å². The summed E-state index contributed by atoms with van der Waals surface area (Å²) in [4.78, 5) is 6.30. The number of rotatable bonds is 3. The molecule has 0 unspecified atom stereocenters. The van der Waals surface area contributed by atoms with Crippen LogP contribution in [-0.2, 0) is 0 Å². The van der Waals surface area contributed by atoms with Crippen LogP contribution in [0.2, 0.25) is 5.15 Å². The molecule has 80 valence electrons. The van der Waals surface area contributed by atoms with Gasteiger partial charge in [0.05, 0.1) is 11.6 Å². The van der Waals surface area contributed by atoms with Crippen molar-refractivity contribution < 1.29 is 0 Å². The minimum Gasteiger partial charge on any atom is -0.354 e. The number of hydrogen-bond acceptors (Lipinski definition) is 3. The van der Waals surface area contributed by atoms with Gasteiger partial charge in [0.1, 0.15) is 11.0 Å². The molecule has 0 aliphatic carbocycles. The highest BCUT2D eigenvalue weighted by molar-refractivity contribution is 6.29. The minimum absolute atomic E-state index is 0.340. The van der Waals surface area contributed by atoms with Crippen molar-refractivity contribution >= 4 is 17.4 Å². The Labute approximate surface area is 95.3 Å². The molecule has 0 aliphatic heterocycles. The van der Waals surface area contributed by atoms with Gasteiger partial charge in [0.2, 0.25) is 0 Å². The van der Waals surface area contributed by atoms with Crippen LogP contribution in [0.15, 0.2) is 12.1 Å². The Bertz CT molecular complexity index is 382. The molecule has 1 heterocycles. The molecule has 0 N–H and O–H groups in total. The Hall–Kier alpha value is -1.27. The molecule has 3 nitrogen and oxygen atoms in total. The lowest BCUT2D eigenvalue weighted by atomic mass is 10.2. The highest BCUT2D eigenvalue weighted by atomic mass is 35.5. The van der Waals surface area contributed by atoms with E-state index in [9.17, 15) is 0 Å². The molecule has 0 saturated heterocycles. The summed E-state index contributed by atoms with van der Waals surface area (Å²) >= 11 is 5.85. The van der Waals surface area contributed by atoms with Crippen molar-refractivity contribution in [3.8, 4) is 6.07 Å². The van der Waals surface area contributed by atoms with E-state index in [1.165, 1.54) is 0 Å². The number of pyridine rings is 1. The molecule has 1 aromatic heterocycles. The molecule has 1 aromatic rings. The standard InChI is InChI=1S/C11H14ClN3/c1-4-15(8(2)3)11-6-9(7-13)5-10(12)14-11/h5-6,8H,4H2,1-3H3. The van der Waals surface area contributed by atoms with Gasteiger partial charge in [-0.15, -0.1) is 0 Å². The van der Waals surface area contributed by atoms with E-state index in [2.05, 4.69) is 36.7 Å². The van der Waals surface area contributed by atoms with Crippen LogP contribution in [0.4, 0.5) is 5.82 Å². The van der Waals surface area contributed by atoms with Crippen LogP contribution in [0.1, 0.15) is 26.3 Å². The van der Waals surface area contributed by atoms with Crippen LogP contribution in [0.3, 0.4) is 0 Å². The molecule has 0 aliphatic rings. The Morgan fingerprint density at radius 2 is 2.20 bits per heavy atom. The number of anilines is 1. The van der Waals surface area contributed by atoms with Crippen molar-refractivity contribution in [2.24, 2.45) is 0 Å². The van der Waals surface area contributed by atoms with Crippen LogP contribution < -0.4 is 4.90 Å². The fraction of sp³-hybridized carbons (Fsp3) is 0.455. The van der Waals surface area contributed by atoms with Crippen molar-refractivity contribution in [2.75, 3.05) is 11.4 Å². The first-order valence-corrected chi connectivity index (χ1v) is 5.30. The Morgan fingerprint density at radius 3 is 2.67 bits per heavy atom. The van der Waals surface area contributed by atoms with Crippen molar-refractivity contribution in [2.45, 2.75) is 26.8 Å². The molecule has 0 spiro atoms. The topological polar surface area (TPSA) is 39.9 Å². The van der Waals surface area contributed by atoms with Crippen molar-refractivity contribution in [3.05, 3.63) is 22.8 Å². The number of aromatic nitrogens is 1. The van der Waals surface area contributed by atoms with Gasteiger partial charge in [-0.3, -0.25) is 0 Å². The monoisotopic (exact) mass is 223 g/mol. The number of halogens is 1. The predicted molar refractivity (Wildman–Crippen MR) is 62.1 cm³/mol. The van der Waals surface area contributed by atoms with Crippen LogP contribution in [0.5, 0.6) is 0 Å². The van der Waals surface area contributed by atoms with Gasteiger partial charge in [0, 0.05) is 12.6 Å². The third-order valence-corrected chi connectivity index (χ3v) is 2.36. The van der Waals surface area contributed by atoms with E-state index in [0.717, 1.165) is 12.4 Å². The second kappa shape index (κ2) is 4.99. The molecule has 0 fully saturated rings. The molecule has 1 rings (SSSR count). The van der Waals surface area contributed by atoms with E-state index >= 15 is 0 Å². The van der Waals surface area contributed by atoms with Crippen LogP contribution >= 0.6 is 11.6 Å². The number of nitriles is 1. The summed E-state index contributed by atoms with van der Waals surface area (Å²) in [6.45, 7) is 7.06. The summed E-state index contributed by atoms with van der Waals surface area (Å²) in [5.41, 5.74) is 0.545. The first-order chi connectivity index (χ1) is 7.08. The van der Waals surface area contributed by atoms with E-state index in [0.29, 0.717) is 16.8 Å². The van der Waals surface area contributed by atoms with Gasteiger partial charge in [-0.1, -0.05) is 11.6 Å². The summed E-state index contributed by atoms with van der Waals surface area (Å²) in [6.07, 6.45) is 0. The van der Waals surface area contributed by atoms with Crippen molar-refractivity contribution in [3.63, 3.8) is 0 Å². The maximum atomic E-state index is 8.82. The van der Waals surface area contributed by atoms with Gasteiger partial charge < -0.3 is 4.90 Å². The quantitative estimate of drug-likeness (QED) is 0.740. The summed E-state index contributed by atoms with van der Waals surface area (Å²) < 4.78 is 0. The zero-order valence-electron chi connectivity index (χ0n) is 9.16. The summed E-state index contributed by atoms with van der Waals surface area (Å²) in [5.74, 6) is 0.761. The highest BCUT2D eigenvalue weighted by Gasteiger charge is 2.11. The van der Waals surface area contributed by atoms with Gasteiger partial charge in [-0.25, -0.2) is 4.98 Å². The van der Waals surface area contributed by atoms with Gasteiger partial charge in [0.15, 0.2) is 0 Å². The summed E-state index contributed by atoms with van der Waals surface area (Å²) in [7, 11) is 0. The molecule has 15 heavy (non-hydrogen) atoms. The first-order valence-electron chi connectivity index (χ1n) is 4.92. The third-order valence-electron chi connectivity index (χ3n) is 2.17. The molecule has 0 aromatic carbocycles. The Morgan fingerprint density at radius 1 is 1.53 bits per heavy atom. The van der Waals surface area contributed by atoms with Gasteiger partial charge in [-0.05, 0) is 32.9 Å². The molecule has 4 heteroatoms. The minimum atomic E-state index is 0.340. The molecule has 0 saturated carbocycles. The molecule has 0 bridgehead atoms. The Balaban J connectivity index is 3.13.